The van der Waals surface area contributed by atoms with Crippen LogP contribution in [0.15, 0.2) is 108 Å². The summed E-state index contributed by atoms with van der Waals surface area (Å²) in [7, 11) is 1.58. The number of rotatable bonds is 7. The molecular weight excluding hydrogens is 588 g/mol. The van der Waals surface area contributed by atoms with Crippen molar-refractivity contribution in [2.75, 3.05) is 20.3 Å². The van der Waals surface area contributed by atoms with E-state index in [2.05, 4.69) is 29.6 Å². The molecule has 47 heavy (non-hydrogen) atoms. The summed E-state index contributed by atoms with van der Waals surface area (Å²) in [6.07, 6.45) is 5.67. The Morgan fingerprint density at radius 1 is 0.723 bits per heavy atom. The molecule has 0 aliphatic carbocycles. The first-order valence-electron chi connectivity index (χ1n) is 14.9. The van der Waals surface area contributed by atoms with E-state index in [-0.39, 0.29) is 19.6 Å². The fourth-order valence-corrected chi connectivity index (χ4v) is 4.70. The number of hydrogen-bond donors (Lipinski definition) is 0. The standard InChI is InChI=1S/C41H32O6/c1-5-30-6-8-31(9-7-30)10-11-32-12-14-33(15-13-32)16-17-34-18-20-35(21-19-34)39(42)46-28-41(26-38(29(2)3)40(43)47-41)27-45-37-24-22-36(44-4)23-25-37/h1,6-9,12-15,18-25H,26-28H2,2-4H3. The van der Waals surface area contributed by atoms with Crippen molar-refractivity contribution in [3.05, 3.63) is 142 Å². The molecule has 0 bridgehead atoms. The van der Waals surface area contributed by atoms with Gasteiger partial charge in [-0.25, -0.2) is 9.59 Å². The molecule has 0 radical (unpaired) electrons. The van der Waals surface area contributed by atoms with Gasteiger partial charge in [-0.05, 0) is 111 Å². The molecule has 1 aliphatic heterocycles. The van der Waals surface area contributed by atoms with Crippen molar-refractivity contribution in [2.24, 2.45) is 0 Å². The van der Waals surface area contributed by atoms with Crippen molar-refractivity contribution in [3.63, 3.8) is 0 Å². The molecule has 1 heterocycles. The second-order valence-corrected chi connectivity index (χ2v) is 11.1. The normalized spacial score (nSPS) is 14.8. The number of esters is 2. The average Bonchev–Trinajstić information content (AvgIpc) is 3.45. The van der Waals surface area contributed by atoms with Gasteiger partial charge in [-0.15, -0.1) is 6.42 Å². The summed E-state index contributed by atoms with van der Waals surface area (Å²) in [4.78, 5) is 25.6. The smallest absolute Gasteiger partial charge is 0.338 e. The zero-order valence-corrected chi connectivity index (χ0v) is 26.4. The Kier molecular flexibility index (Phi) is 10.1. The predicted octanol–water partition coefficient (Wildman–Crippen LogP) is 6.73. The summed E-state index contributed by atoms with van der Waals surface area (Å²) >= 11 is 0. The number of ether oxygens (including phenoxy) is 4. The number of cyclic esters (lactones) is 1. The lowest BCUT2D eigenvalue weighted by Gasteiger charge is -2.27. The van der Waals surface area contributed by atoms with Crippen LogP contribution in [0.1, 0.15) is 58.4 Å². The van der Waals surface area contributed by atoms with E-state index in [0.29, 0.717) is 22.6 Å². The first kappa shape index (κ1) is 32.2. The van der Waals surface area contributed by atoms with E-state index < -0.39 is 17.5 Å². The van der Waals surface area contributed by atoms with Crippen LogP contribution >= 0.6 is 0 Å². The van der Waals surface area contributed by atoms with Crippen molar-refractivity contribution in [1.82, 2.24) is 0 Å². The highest BCUT2D eigenvalue weighted by Crippen LogP contribution is 2.34. The van der Waals surface area contributed by atoms with Gasteiger partial charge in [-0.2, -0.15) is 0 Å². The lowest BCUT2D eigenvalue weighted by molar-refractivity contribution is -0.153. The first-order chi connectivity index (χ1) is 22.8. The highest BCUT2D eigenvalue weighted by Gasteiger charge is 2.46. The van der Waals surface area contributed by atoms with Gasteiger partial charge in [-0.1, -0.05) is 35.2 Å². The van der Waals surface area contributed by atoms with Crippen LogP contribution in [-0.4, -0.2) is 37.9 Å². The van der Waals surface area contributed by atoms with Crippen LogP contribution in [0, 0.1) is 36.0 Å². The summed E-state index contributed by atoms with van der Waals surface area (Å²) in [6, 6.07) is 29.1. The number of terminal acetylenes is 1. The number of methoxy groups -OCH3 is 1. The van der Waals surface area contributed by atoms with Crippen molar-refractivity contribution >= 4 is 11.9 Å². The van der Waals surface area contributed by atoms with E-state index in [4.69, 9.17) is 25.4 Å². The maximum absolute atomic E-state index is 13.0. The third-order valence-corrected chi connectivity index (χ3v) is 7.45. The van der Waals surface area contributed by atoms with Crippen LogP contribution in [0.4, 0.5) is 0 Å². The van der Waals surface area contributed by atoms with Gasteiger partial charge in [0.25, 0.3) is 0 Å². The maximum Gasteiger partial charge on any atom is 0.338 e. The average molecular weight is 621 g/mol. The fraction of sp³-hybridized carbons (Fsp3) is 0.171. The van der Waals surface area contributed by atoms with Crippen LogP contribution in [-0.2, 0) is 14.3 Å². The molecule has 4 aromatic rings. The van der Waals surface area contributed by atoms with Crippen LogP contribution in [0.2, 0.25) is 0 Å². The summed E-state index contributed by atoms with van der Waals surface area (Å²) in [5.41, 5.74) is 4.75. The van der Waals surface area contributed by atoms with E-state index in [1.54, 1.807) is 55.6 Å². The summed E-state index contributed by atoms with van der Waals surface area (Å²) in [5, 5.41) is 0. The molecule has 232 valence electrons. The zero-order valence-electron chi connectivity index (χ0n) is 26.4. The summed E-state index contributed by atoms with van der Waals surface area (Å²) in [6.45, 7) is 3.55. The molecule has 4 aromatic carbocycles. The largest absolute Gasteiger partial charge is 0.497 e. The summed E-state index contributed by atoms with van der Waals surface area (Å²) < 4.78 is 22.6. The number of carbonyl (C=O) groups is 2. The van der Waals surface area contributed by atoms with Gasteiger partial charge in [0.15, 0.2) is 5.60 Å². The first-order valence-corrected chi connectivity index (χ1v) is 14.9. The van der Waals surface area contributed by atoms with Gasteiger partial charge in [0.1, 0.15) is 24.7 Å². The topological polar surface area (TPSA) is 71.1 Å². The SMILES string of the molecule is C#Cc1ccc(C#Cc2ccc(C#Cc3ccc(C(=O)OCC4(COc5ccc(OC)cc5)CC(=C(C)C)C(=O)O4)cc3)cc2)cc1. The number of allylic oxidation sites excluding steroid dienone is 1. The van der Waals surface area contributed by atoms with E-state index in [1.807, 2.05) is 62.4 Å². The molecule has 5 rings (SSSR count). The molecule has 1 atom stereocenters. The molecule has 0 amide bonds. The minimum atomic E-state index is -1.15. The quantitative estimate of drug-likeness (QED) is 0.130. The van der Waals surface area contributed by atoms with E-state index >= 15 is 0 Å². The van der Waals surface area contributed by atoms with Crippen LogP contribution in [0.25, 0.3) is 0 Å². The second kappa shape index (κ2) is 14.7. The Hall–Kier alpha value is -6.16. The van der Waals surface area contributed by atoms with Crippen LogP contribution in [0.5, 0.6) is 11.5 Å². The van der Waals surface area contributed by atoms with Crippen LogP contribution in [0.3, 0.4) is 0 Å². The predicted molar refractivity (Wildman–Crippen MR) is 180 cm³/mol. The Morgan fingerprint density at radius 3 is 1.64 bits per heavy atom. The molecule has 0 saturated carbocycles. The molecule has 0 N–H and O–H groups in total. The van der Waals surface area contributed by atoms with Gasteiger partial charge >= 0.3 is 11.9 Å². The van der Waals surface area contributed by atoms with Crippen molar-refractivity contribution < 1.29 is 28.5 Å². The Bertz CT molecular complexity index is 1950. The molecule has 0 spiro atoms. The third kappa shape index (κ3) is 8.52. The van der Waals surface area contributed by atoms with Crippen molar-refractivity contribution in [1.29, 1.82) is 0 Å². The molecule has 1 fully saturated rings. The number of benzene rings is 4. The van der Waals surface area contributed by atoms with Gasteiger partial charge in [-0.3, -0.25) is 0 Å². The molecule has 1 unspecified atom stereocenters. The Morgan fingerprint density at radius 2 is 1.19 bits per heavy atom. The van der Waals surface area contributed by atoms with E-state index in [9.17, 15) is 9.59 Å². The lowest BCUT2D eigenvalue weighted by Crippen LogP contribution is -2.41. The lowest BCUT2D eigenvalue weighted by atomic mass is 9.97. The van der Waals surface area contributed by atoms with Crippen molar-refractivity contribution in [2.45, 2.75) is 25.9 Å². The van der Waals surface area contributed by atoms with E-state index in [0.717, 1.165) is 33.4 Å². The number of hydrogen-bond acceptors (Lipinski definition) is 6. The second-order valence-electron chi connectivity index (χ2n) is 11.1. The minimum Gasteiger partial charge on any atom is -0.497 e. The molecule has 6 nitrogen and oxygen atoms in total. The van der Waals surface area contributed by atoms with Gasteiger partial charge < -0.3 is 18.9 Å². The molecular formula is C41H32O6. The monoisotopic (exact) mass is 620 g/mol. The van der Waals surface area contributed by atoms with Crippen LogP contribution < -0.4 is 9.47 Å². The molecule has 1 aliphatic rings. The van der Waals surface area contributed by atoms with E-state index in [1.165, 1.54) is 0 Å². The Labute approximate surface area is 275 Å². The highest BCUT2D eigenvalue weighted by molar-refractivity contribution is 5.92. The Balaban J connectivity index is 1.19. The third-order valence-electron chi connectivity index (χ3n) is 7.45. The molecule has 6 heteroatoms. The minimum absolute atomic E-state index is 0.0121. The van der Waals surface area contributed by atoms with Gasteiger partial charge in [0, 0.05) is 39.8 Å². The molecule has 0 aromatic heterocycles. The summed E-state index contributed by atoms with van der Waals surface area (Å²) in [5.74, 6) is 15.4. The van der Waals surface area contributed by atoms with Gasteiger partial charge in [0.2, 0.25) is 0 Å². The fourth-order valence-electron chi connectivity index (χ4n) is 4.70. The van der Waals surface area contributed by atoms with Crippen molar-refractivity contribution in [3.8, 4) is 47.5 Å². The molecule has 1 saturated heterocycles. The maximum atomic E-state index is 13.0. The highest BCUT2D eigenvalue weighted by atomic mass is 16.6. The van der Waals surface area contributed by atoms with Gasteiger partial charge in [0.05, 0.1) is 12.7 Å². The number of carbonyl (C=O) groups excluding carboxylic acids is 2. The zero-order chi connectivity index (χ0) is 33.2.